The summed E-state index contributed by atoms with van der Waals surface area (Å²) in [7, 11) is 3.03. The van der Waals surface area contributed by atoms with Gasteiger partial charge in [0.25, 0.3) is 0 Å². The molecule has 1 aliphatic rings. The van der Waals surface area contributed by atoms with E-state index in [-0.39, 0.29) is 29.3 Å². The Bertz CT molecular complexity index is 1120. The second kappa shape index (κ2) is 10.0. The Hall–Kier alpha value is -3.41. The van der Waals surface area contributed by atoms with E-state index in [1.54, 1.807) is 19.2 Å². The van der Waals surface area contributed by atoms with Gasteiger partial charge in [-0.3, -0.25) is 4.79 Å². The largest absolute Gasteiger partial charge is 0.507 e. The lowest BCUT2D eigenvalue weighted by Gasteiger charge is -2.30. The van der Waals surface area contributed by atoms with Gasteiger partial charge in [0.2, 0.25) is 0 Å². The van der Waals surface area contributed by atoms with Crippen molar-refractivity contribution in [3.8, 4) is 28.7 Å². The molecule has 2 aromatic rings. The van der Waals surface area contributed by atoms with Crippen molar-refractivity contribution in [1.82, 2.24) is 0 Å². The van der Waals surface area contributed by atoms with Gasteiger partial charge in [-0.05, 0) is 58.2 Å². The van der Waals surface area contributed by atoms with Gasteiger partial charge >= 0.3 is 0 Å². The molecule has 1 unspecified atom stereocenters. The van der Waals surface area contributed by atoms with Crippen LogP contribution < -0.4 is 14.2 Å². The molecule has 0 aromatic heterocycles. The Balaban J connectivity index is 2.20. The number of Topliss-reactive ketones (excluding diaryl/α,β-unsaturated/α-hetero) is 1. The molecule has 33 heavy (non-hydrogen) atoms. The first-order valence-corrected chi connectivity index (χ1v) is 11.0. The summed E-state index contributed by atoms with van der Waals surface area (Å²) in [6.07, 6.45) is 4.45. The second-order valence-corrected chi connectivity index (χ2v) is 8.68. The van der Waals surface area contributed by atoms with E-state index in [4.69, 9.17) is 14.2 Å². The smallest absolute Gasteiger partial charge is 0.174 e. The molecule has 0 fully saturated rings. The Labute approximate surface area is 195 Å². The number of hydrogen-bond donors (Lipinski definition) is 2. The third-order valence-electron chi connectivity index (χ3n) is 5.69. The number of phenols is 2. The summed E-state index contributed by atoms with van der Waals surface area (Å²) < 4.78 is 17.3. The topological polar surface area (TPSA) is 85.2 Å². The van der Waals surface area contributed by atoms with Crippen molar-refractivity contribution in [3.63, 3.8) is 0 Å². The molecular formula is C27H32O6. The predicted octanol–water partition coefficient (Wildman–Crippen LogP) is 5.84. The van der Waals surface area contributed by atoms with Crippen molar-refractivity contribution in [2.24, 2.45) is 0 Å². The standard InChI is InChI=1S/C27H32O6/c1-15(2)7-10-18-25(30)24-21(29)14-22(17-9-12-20(28)23(13-17)31-5)33-27(24)19(26(18)32-6)11-8-16(3)4/h7-9,12-13,22,28,30H,10-11,14H2,1-6H3. The van der Waals surface area contributed by atoms with Crippen LogP contribution in [0.25, 0.3) is 0 Å². The highest BCUT2D eigenvalue weighted by Gasteiger charge is 2.36. The highest BCUT2D eigenvalue weighted by atomic mass is 16.5. The number of carbonyl (C=O) groups is 1. The van der Waals surface area contributed by atoms with Gasteiger partial charge in [0.1, 0.15) is 28.9 Å². The highest BCUT2D eigenvalue weighted by Crippen LogP contribution is 2.49. The maximum Gasteiger partial charge on any atom is 0.174 e. The monoisotopic (exact) mass is 452 g/mol. The van der Waals surface area contributed by atoms with Crippen LogP contribution in [0.3, 0.4) is 0 Å². The number of ether oxygens (including phenoxy) is 3. The fraction of sp³-hybridized carbons (Fsp3) is 0.370. The minimum atomic E-state index is -0.585. The molecule has 2 N–H and O–H groups in total. The first kappa shape index (κ1) is 24.2. The van der Waals surface area contributed by atoms with Gasteiger partial charge in [-0.1, -0.05) is 29.4 Å². The van der Waals surface area contributed by atoms with Crippen molar-refractivity contribution in [2.45, 2.75) is 53.1 Å². The molecule has 1 aliphatic heterocycles. The SMILES string of the molecule is COc1cc(C2CC(=O)c3c(O)c(CC=C(C)C)c(OC)c(CC=C(C)C)c3O2)ccc1O. The third-order valence-corrected chi connectivity index (χ3v) is 5.69. The average molecular weight is 453 g/mol. The van der Waals surface area contributed by atoms with E-state index in [0.717, 1.165) is 16.7 Å². The Morgan fingerprint density at radius 1 is 1.03 bits per heavy atom. The van der Waals surface area contributed by atoms with Crippen molar-refractivity contribution in [3.05, 3.63) is 63.8 Å². The van der Waals surface area contributed by atoms with Gasteiger partial charge in [0.05, 0.1) is 20.6 Å². The first-order chi connectivity index (χ1) is 15.7. The molecule has 1 atom stereocenters. The Kier molecular flexibility index (Phi) is 7.36. The number of methoxy groups -OCH3 is 2. The fourth-order valence-electron chi connectivity index (χ4n) is 3.96. The summed E-state index contributed by atoms with van der Waals surface area (Å²) >= 11 is 0. The average Bonchev–Trinajstić information content (AvgIpc) is 2.76. The zero-order valence-electron chi connectivity index (χ0n) is 20.1. The first-order valence-electron chi connectivity index (χ1n) is 11.0. The summed E-state index contributed by atoms with van der Waals surface area (Å²) in [5.41, 5.74) is 4.43. The molecule has 6 heteroatoms. The van der Waals surface area contributed by atoms with E-state index < -0.39 is 6.10 Å². The minimum Gasteiger partial charge on any atom is -0.507 e. The molecule has 0 spiro atoms. The summed E-state index contributed by atoms with van der Waals surface area (Å²) in [5, 5.41) is 21.1. The summed E-state index contributed by atoms with van der Waals surface area (Å²) in [4.78, 5) is 13.3. The van der Waals surface area contributed by atoms with Crippen molar-refractivity contribution >= 4 is 5.78 Å². The Morgan fingerprint density at radius 2 is 1.67 bits per heavy atom. The normalized spacial score (nSPS) is 14.7. The van der Waals surface area contributed by atoms with Crippen LogP contribution in [0.2, 0.25) is 0 Å². The van der Waals surface area contributed by atoms with Gasteiger partial charge in [-0.25, -0.2) is 0 Å². The predicted molar refractivity (Wildman–Crippen MR) is 128 cm³/mol. The van der Waals surface area contributed by atoms with Crippen LogP contribution in [-0.2, 0) is 12.8 Å². The van der Waals surface area contributed by atoms with Gasteiger partial charge in [0.15, 0.2) is 17.3 Å². The maximum absolute atomic E-state index is 13.3. The zero-order chi connectivity index (χ0) is 24.3. The number of benzene rings is 2. The summed E-state index contributed by atoms with van der Waals surface area (Å²) in [6, 6.07) is 4.88. The molecule has 0 saturated carbocycles. The van der Waals surface area contributed by atoms with Gasteiger partial charge < -0.3 is 24.4 Å². The lowest BCUT2D eigenvalue weighted by Crippen LogP contribution is -2.22. The number of hydrogen-bond acceptors (Lipinski definition) is 6. The van der Waals surface area contributed by atoms with E-state index in [1.807, 2.05) is 39.8 Å². The number of fused-ring (bicyclic) bond motifs is 1. The fourth-order valence-corrected chi connectivity index (χ4v) is 3.96. The van der Waals surface area contributed by atoms with Gasteiger partial charge in [-0.2, -0.15) is 0 Å². The lowest BCUT2D eigenvalue weighted by atomic mass is 9.89. The van der Waals surface area contributed by atoms with Crippen molar-refractivity contribution < 1.29 is 29.2 Å². The molecule has 2 aromatic carbocycles. The number of phenolic OH excluding ortho intramolecular Hbond substituents is 2. The van der Waals surface area contributed by atoms with E-state index in [0.29, 0.717) is 41.2 Å². The van der Waals surface area contributed by atoms with E-state index >= 15 is 0 Å². The van der Waals surface area contributed by atoms with E-state index in [1.165, 1.54) is 13.2 Å². The minimum absolute atomic E-state index is 0.0104. The van der Waals surface area contributed by atoms with Crippen LogP contribution in [0.1, 0.15) is 67.3 Å². The number of rotatable bonds is 7. The van der Waals surface area contributed by atoms with Crippen LogP contribution >= 0.6 is 0 Å². The number of allylic oxidation sites excluding steroid dienone is 4. The molecule has 6 nitrogen and oxygen atoms in total. The second-order valence-electron chi connectivity index (χ2n) is 8.68. The van der Waals surface area contributed by atoms with Crippen LogP contribution in [0.4, 0.5) is 0 Å². The van der Waals surface area contributed by atoms with Gasteiger partial charge in [0, 0.05) is 11.1 Å². The highest BCUT2D eigenvalue weighted by molar-refractivity contribution is 6.04. The molecule has 1 heterocycles. The molecule has 176 valence electrons. The van der Waals surface area contributed by atoms with Crippen LogP contribution in [0.5, 0.6) is 28.7 Å². The van der Waals surface area contributed by atoms with Crippen LogP contribution in [-0.4, -0.2) is 30.2 Å². The number of aromatic hydroxyl groups is 2. The molecule has 0 aliphatic carbocycles. The summed E-state index contributed by atoms with van der Waals surface area (Å²) in [6.45, 7) is 7.97. The molecule has 0 bridgehead atoms. The molecule has 0 amide bonds. The third kappa shape index (κ3) is 5.00. The summed E-state index contributed by atoms with van der Waals surface area (Å²) in [5.74, 6) is 0.888. The maximum atomic E-state index is 13.3. The Morgan fingerprint density at radius 3 is 2.24 bits per heavy atom. The van der Waals surface area contributed by atoms with Crippen LogP contribution in [0, 0.1) is 0 Å². The number of carbonyl (C=O) groups excluding carboxylic acids is 1. The van der Waals surface area contributed by atoms with E-state index in [2.05, 4.69) is 0 Å². The van der Waals surface area contributed by atoms with E-state index in [9.17, 15) is 15.0 Å². The molecule has 0 saturated heterocycles. The van der Waals surface area contributed by atoms with Crippen LogP contribution in [0.15, 0.2) is 41.5 Å². The molecular weight excluding hydrogens is 420 g/mol. The zero-order valence-corrected chi connectivity index (χ0v) is 20.1. The van der Waals surface area contributed by atoms with Gasteiger partial charge in [-0.15, -0.1) is 0 Å². The van der Waals surface area contributed by atoms with Crippen molar-refractivity contribution in [1.29, 1.82) is 0 Å². The molecule has 3 rings (SSSR count). The quantitative estimate of drug-likeness (QED) is 0.514. The molecule has 0 radical (unpaired) electrons. The number of ketones is 1. The van der Waals surface area contributed by atoms with Crippen molar-refractivity contribution in [2.75, 3.05) is 14.2 Å². The lowest BCUT2D eigenvalue weighted by molar-refractivity contribution is 0.0841.